The van der Waals surface area contributed by atoms with Gasteiger partial charge in [-0.2, -0.15) is 0 Å². The summed E-state index contributed by atoms with van der Waals surface area (Å²) >= 11 is 0. The predicted octanol–water partition coefficient (Wildman–Crippen LogP) is 4.04. The standard InChI is InChI=1S/C26H28N4O4S/c1-17(2)16-22(29-35(32,33)19-14-12-18(27)13-15-19)25-28-21-9-5-4-8-20(21)26(31)30(25)23-10-6-7-11-24(23)34-3/h4-15,17,22,29H,16,27H2,1-3H3. The van der Waals surface area contributed by atoms with E-state index in [1.54, 1.807) is 48.5 Å². The first kappa shape index (κ1) is 24.4. The normalized spacial score (nSPS) is 12.7. The van der Waals surface area contributed by atoms with Crippen molar-refractivity contribution in [2.75, 3.05) is 12.8 Å². The molecule has 182 valence electrons. The van der Waals surface area contributed by atoms with Gasteiger partial charge in [0.2, 0.25) is 10.0 Å². The molecule has 8 nitrogen and oxygen atoms in total. The first-order valence-electron chi connectivity index (χ1n) is 11.2. The van der Waals surface area contributed by atoms with Gasteiger partial charge in [-0.05, 0) is 60.9 Å². The summed E-state index contributed by atoms with van der Waals surface area (Å²) in [6.45, 7) is 3.97. The molecule has 4 aromatic rings. The summed E-state index contributed by atoms with van der Waals surface area (Å²) < 4.78 is 36.4. The first-order valence-corrected chi connectivity index (χ1v) is 12.7. The number of para-hydroxylation sites is 3. The molecule has 1 atom stereocenters. The number of nitrogens with two attached hydrogens (primary N) is 1. The summed E-state index contributed by atoms with van der Waals surface area (Å²) in [6.07, 6.45) is 0.411. The molecule has 0 aliphatic heterocycles. The predicted molar refractivity (Wildman–Crippen MR) is 137 cm³/mol. The molecule has 1 heterocycles. The van der Waals surface area contributed by atoms with E-state index < -0.39 is 16.1 Å². The van der Waals surface area contributed by atoms with Crippen molar-refractivity contribution in [1.29, 1.82) is 0 Å². The van der Waals surface area contributed by atoms with E-state index >= 15 is 0 Å². The molecule has 0 amide bonds. The lowest BCUT2D eigenvalue weighted by atomic mass is 10.0. The van der Waals surface area contributed by atoms with Crippen LogP contribution in [0.3, 0.4) is 0 Å². The van der Waals surface area contributed by atoms with Crippen LogP contribution in [0.1, 0.15) is 32.1 Å². The van der Waals surface area contributed by atoms with Crippen molar-refractivity contribution < 1.29 is 13.2 Å². The van der Waals surface area contributed by atoms with Crippen LogP contribution in [0.4, 0.5) is 5.69 Å². The van der Waals surface area contributed by atoms with Gasteiger partial charge in [0.1, 0.15) is 11.6 Å². The van der Waals surface area contributed by atoms with E-state index in [2.05, 4.69) is 4.72 Å². The van der Waals surface area contributed by atoms with Crippen molar-refractivity contribution in [3.8, 4) is 11.4 Å². The molecule has 0 radical (unpaired) electrons. The molecule has 0 spiro atoms. The van der Waals surface area contributed by atoms with Crippen LogP contribution in [-0.2, 0) is 10.0 Å². The summed E-state index contributed by atoms with van der Waals surface area (Å²) in [7, 11) is -2.42. The largest absolute Gasteiger partial charge is 0.495 e. The number of nitrogens with one attached hydrogen (secondary N) is 1. The van der Waals surface area contributed by atoms with Crippen LogP contribution >= 0.6 is 0 Å². The van der Waals surface area contributed by atoms with Gasteiger partial charge in [0, 0.05) is 5.69 Å². The molecule has 0 bridgehead atoms. The molecule has 0 fully saturated rings. The Morgan fingerprint density at radius 1 is 1.00 bits per heavy atom. The van der Waals surface area contributed by atoms with Crippen LogP contribution in [0.15, 0.2) is 82.5 Å². The van der Waals surface area contributed by atoms with Gasteiger partial charge in [0.25, 0.3) is 5.56 Å². The number of methoxy groups -OCH3 is 1. The van der Waals surface area contributed by atoms with Gasteiger partial charge in [0.05, 0.1) is 34.6 Å². The molecule has 9 heteroatoms. The van der Waals surface area contributed by atoms with Crippen molar-refractivity contribution in [3.63, 3.8) is 0 Å². The summed E-state index contributed by atoms with van der Waals surface area (Å²) in [5.74, 6) is 0.854. The zero-order valence-electron chi connectivity index (χ0n) is 19.8. The van der Waals surface area contributed by atoms with E-state index in [1.807, 2.05) is 13.8 Å². The Morgan fingerprint density at radius 2 is 1.66 bits per heavy atom. The highest BCUT2D eigenvalue weighted by Crippen LogP contribution is 2.29. The fraction of sp³-hybridized carbons (Fsp3) is 0.231. The third-order valence-electron chi connectivity index (χ3n) is 5.63. The topological polar surface area (TPSA) is 116 Å². The Morgan fingerprint density at radius 3 is 2.34 bits per heavy atom. The van der Waals surface area contributed by atoms with Crippen LogP contribution < -0.4 is 20.8 Å². The van der Waals surface area contributed by atoms with Crippen LogP contribution in [0, 0.1) is 5.92 Å². The third-order valence-corrected chi connectivity index (χ3v) is 7.12. The highest BCUT2D eigenvalue weighted by atomic mass is 32.2. The molecule has 3 aromatic carbocycles. The second-order valence-corrected chi connectivity index (χ2v) is 10.4. The number of nitrogens with zero attached hydrogens (tertiary/aromatic N) is 2. The molecule has 0 aliphatic rings. The van der Waals surface area contributed by atoms with E-state index in [9.17, 15) is 13.2 Å². The second kappa shape index (κ2) is 9.89. The van der Waals surface area contributed by atoms with Gasteiger partial charge in [-0.1, -0.05) is 38.1 Å². The Kier molecular flexibility index (Phi) is 6.90. The molecule has 35 heavy (non-hydrogen) atoms. The molecule has 4 rings (SSSR count). The van der Waals surface area contributed by atoms with Crippen LogP contribution in [0.25, 0.3) is 16.6 Å². The van der Waals surface area contributed by atoms with Crippen LogP contribution in [0.2, 0.25) is 0 Å². The quantitative estimate of drug-likeness (QED) is 0.359. The molecule has 0 saturated carbocycles. The summed E-state index contributed by atoms with van der Waals surface area (Å²) in [5.41, 5.74) is 6.85. The molecular weight excluding hydrogens is 464 g/mol. The van der Waals surface area contributed by atoms with Crippen molar-refractivity contribution in [2.24, 2.45) is 5.92 Å². The number of aromatic nitrogens is 2. The molecule has 0 aliphatic carbocycles. The average molecular weight is 493 g/mol. The smallest absolute Gasteiger partial charge is 0.266 e. The van der Waals surface area contributed by atoms with Crippen molar-refractivity contribution in [1.82, 2.24) is 14.3 Å². The Balaban J connectivity index is 1.96. The fourth-order valence-electron chi connectivity index (χ4n) is 4.01. The van der Waals surface area contributed by atoms with Gasteiger partial charge in [0.15, 0.2) is 0 Å². The molecule has 0 saturated heterocycles. The van der Waals surface area contributed by atoms with Gasteiger partial charge in [-0.3, -0.25) is 9.36 Å². The minimum absolute atomic E-state index is 0.0763. The Bertz CT molecular complexity index is 1510. The second-order valence-electron chi connectivity index (χ2n) is 8.67. The third kappa shape index (κ3) is 5.06. The highest BCUT2D eigenvalue weighted by Gasteiger charge is 2.28. The maximum atomic E-state index is 13.8. The number of fused-ring (bicyclic) bond motifs is 1. The van der Waals surface area contributed by atoms with Crippen LogP contribution in [0.5, 0.6) is 5.75 Å². The van der Waals surface area contributed by atoms with E-state index in [4.69, 9.17) is 15.5 Å². The number of nitrogen functional groups attached to an aromatic ring is 1. The number of hydrogen-bond acceptors (Lipinski definition) is 6. The lowest BCUT2D eigenvalue weighted by Crippen LogP contribution is -2.35. The van der Waals surface area contributed by atoms with Crippen LogP contribution in [-0.4, -0.2) is 25.1 Å². The number of hydrogen-bond donors (Lipinski definition) is 2. The summed E-state index contributed by atoms with van der Waals surface area (Å²) in [6, 6.07) is 19.3. The fourth-order valence-corrected chi connectivity index (χ4v) is 5.22. The molecule has 3 N–H and O–H groups in total. The first-order chi connectivity index (χ1) is 16.7. The van der Waals surface area contributed by atoms with Gasteiger partial charge in [-0.25, -0.2) is 18.1 Å². The van der Waals surface area contributed by atoms with E-state index in [1.165, 1.54) is 35.9 Å². The average Bonchev–Trinajstić information content (AvgIpc) is 2.83. The number of benzene rings is 3. The molecule has 1 aromatic heterocycles. The minimum atomic E-state index is -3.94. The van der Waals surface area contributed by atoms with Crippen molar-refractivity contribution >= 4 is 26.6 Å². The van der Waals surface area contributed by atoms with E-state index in [-0.39, 0.29) is 22.2 Å². The number of ether oxygens (including phenoxy) is 1. The number of anilines is 1. The van der Waals surface area contributed by atoms with Crippen molar-refractivity contribution in [3.05, 3.63) is 89.0 Å². The van der Waals surface area contributed by atoms with Gasteiger partial charge in [-0.15, -0.1) is 0 Å². The number of rotatable bonds is 8. The number of sulfonamides is 1. The van der Waals surface area contributed by atoms with Gasteiger partial charge >= 0.3 is 0 Å². The SMILES string of the molecule is COc1ccccc1-n1c(C(CC(C)C)NS(=O)(=O)c2ccc(N)cc2)nc2ccccc2c1=O. The Labute approximate surface area is 204 Å². The van der Waals surface area contributed by atoms with Crippen molar-refractivity contribution in [2.45, 2.75) is 31.2 Å². The zero-order chi connectivity index (χ0) is 25.2. The summed E-state index contributed by atoms with van der Waals surface area (Å²) in [5, 5.41) is 0.423. The van der Waals surface area contributed by atoms with E-state index in [0.29, 0.717) is 34.4 Å². The Hall–Kier alpha value is -3.69. The lowest BCUT2D eigenvalue weighted by molar-refractivity contribution is 0.409. The van der Waals surface area contributed by atoms with E-state index in [0.717, 1.165) is 0 Å². The maximum absolute atomic E-state index is 13.8. The maximum Gasteiger partial charge on any atom is 0.266 e. The summed E-state index contributed by atoms with van der Waals surface area (Å²) in [4.78, 5) is 18.6. The lowest BCUT2D eigenvalue weighted by Gasteiger charge is -2.24. The zero-order valence-corrected chi connectivity index (χ0v) is 20.6. The minimum Gasteiger partial charge on any atom is -0.495 e. The molecule has 1 unspecified atom stereocenters. The van der Waals surface area contributed by atoms with Gasteiger partial charge < -0.3 is 10.5 Å². The highest BCUT2D eigenvalue weighted by molar-refractivity contribution is 7.89. The molecular formula is C26H28N4O4S. The monoisotopic (exact) mass is 492 g/mol.